The molecular weight excluding hydrogens is 328 g/mol. The molecule has 0 aromatic rings. The Labute approximate surface area is 158 Å². The Morgan fingerprint density at radius 3 is 2.85 bits per heavy atom. The molecule has 1 saturated carbocycles. The number of rotatable bonds is 12. The number of aliphatic carboxylic acids is 1. The first-order chi connectivity index (χ1) is 12.5. The average Bonchev–Trinajstić information content (AvgIpc) is 3.10. The van der Waals surface area contributed by atoms with E-state index < -0.39 is 5.97 Å². The molecule has 2 bridgehead atoms. The van der Waals surface area contributed by atoms with Crippen LogP contribution in [0.15, 0.2) is 24.3 Å². The minimum absolute atomic E-state index is 0.220. The molecular formula is C22H36O4. The Morgan fingerprint density at radius 1 is 1.31 bits per heavy atom. The molecule has 5 atom stereocenters. The Hall–Kier alpha value is -1.13. The highest BCUT2D eigenvalue weighted by molar-refractivity contribution is 5.66. The molecule has 1 aliphatic carbocycles. The third-order valence-corrected chi connectivity index (χ3v) is 6.06. The van der Waals surface area contributed by atoms with E-state index in [-0.39, 0.29) is 24.0 Å². The molecule has 26 heavy (non-hydrogen) atoms. The van der Waals surface area contributed by atoms with Crippen LogP contribution in [0, 0.1) is 17.3 Å². The fourth-order valence-electron chi connectivity index (χ4n) is 4.49. The zero-order valence-corrected chi connectivity index (χ0v) is 16.4. The molecule has 1 heterocycles. The maximum Gasteiger partial charge on any atom is 0.303 e. The Morgan fingerprint density at radius 2 is 2.12 bits per heavy atom. The van der Waals surface area contributed by atoms with Crippen molar-refractivity contribution in [3.63, 3.8) is 0 Å². The number of hydrogen-bond donors (Lipinski definition) is 2. The van der Waals surface area contributed by atoms with Crippen LogP contribution in [0.2, 0.25) is 0 Å². The third-order valence-electron chi connectivity index (χ3n) is 6.06. The fraction of sp³-hybridized carbons (Fsp3) is 0.773. The molecule has 0 aromatic carbocycles. The summed E-state index contributed by atoms with van der Waals surface area (Å²) in [4.78, 5) is 10.6. The summed E-state index contributed by atoms with van der Waals surface area (Å²) in [7, 11) is 0. The molecule has 0 amide bonds. The molecule has 0 unspecified atom stereocenters. The third kappa shape index (κ3) is 5.95. The predicted octanol–water partition coefficient (Wildman–Crippen LogP) is 4.73. The van der Waals surface area contributed by atoms with Gasteiger partial charge in [0.2, 0.25) is 0 Å². The molecule has 0 radical (unpaired) electrons. The maximum absolute atomic E-state index is 10.6. The lowest BCUT2D eigenvalue weighted by Crippen LogP contribution is -2.33. The summed E-state index contributed by atoms with van der Waals surface area (Å²) in [6.45, 7) is 5.33. The normalized spacial score (nSPS) is 32.0. The first-order valence-corrected chi connectivity index (χ1v) is 10.3. The molecule has 2 N–H and O–H groups in total. The van der Waals surface area contributed by atoms with Crippen LogP contribution in [-0.2, 0) is 9.53 Å². The summed E-state index contributed by atoms with van der Waals surface area (Å²) in [5, 5.41) is 18.9. The summed E-state index contributed by atoms with van der Waals surface area (Å²) in [5.74, 6) is 0.188. The van der Waals surface area contributed by atoms with Crippen molar-refractivity contribution in [2.24, 2.45) is 17.3 Å². The van der Waals surface area contributed by atoms with E-state index in [4.69, 9.17) is 9.84 Å². The summed E-state index contributed by atoms with van der Waals surface area (Å²) >= 11 is 0. The second kappa shape index (κ2) is 10.3. The lowest BCUT2D eigenvalue weighted by molar-refractivity contribution is -0.137. The van der Waals surface area contributed by atoms with E-state index in [2.05, 4.69) is 32.1 Å². The van der Waals surface area contributed by atoms with Crippen molar-refractivity contribution >= 4 is 5.97 Å². The van der Waals surface area contributed by atoms with Gasteiger partial charge in [-0.25, -0.2) is 0 Å². The van der Waals surface area contributed by atoms with Crippen molar-refractivity contribution in [1.82, 2.24) is 0 Å². The first-order valence-electron chi connectivity index (χ1n) is 10.3. The number of fused-ring (bicyclic) bond motifs is 2. The quantitative estimate of drug-likeness (QED) is 0.388. The van der Waals surface area contributed by atoms with Gasteiger partial charge in [-0.3, -0.25) is 4.79 Å². The van der Waals surface area contributed by atoms with E-state index in [1.165, 1.54) is 12.8 Å². The number of carboxylic acids is 1. The largest absolute Gasteiger partial charge is 0.481 e. The second-order valence-electron chi connectivity index (χ2n) is 8.33. The summed E-state index contributed by atoms with van der Waals surface area (Å²) < 4.78 is 5.98. The smallest absolute Gasteiger partial charge is 0.303 e. The maximum atomic E-state index is 10.6. The molecule has 1 aliphatic heterocycles. The van der Waals surface area contributed by atoms with E-state index in [1.54, 1.807) is 0 Å². The van der Waals surface area contributed by atoms with Crippen molar-refractivity contribution in [3.05, 3.63) is 24.3 Å². The van der Waals surface area contributed by atoms with E-state index >= 15 is 0 Å². The number of ether oxygens (including phenoxy) is 1. The minimum atomic E-state index is -0.723. The van der Waals surface area contributed by atoms with E-state index in [0.717, 1.165) is 38.7 Å². The van der Waals surface area contributed by atoms with Crippen LogP contribution >= 0.6 is 0 Å². The average molecular weight is 365 g/mol. The van der Waals surface area contributed by atoms with Crippen LogP contribution in [0.4, 0.5) is 0 Å². The monoisotopic (exact) mass is 364 g/mol. The van der Waals surface area contributed by atoms with E-state index in [1.807, 2.05) is 6.08 Å². The molecule has 2 rings (SSSR count). The van der Waals surface area contributed by atoms with Crippen molar-refractivity contribution < 1.29 is 19.7 Å². The van der Waals surface area contributed by atoms with E-state index in [9.17, 15) is 9.90 Å². The highest BCUT2D eigenvalue weighted by atomic mass is 16.5. The van der Waals surface area contributed by atoms with Gasteiger partial charge in [0.1, 0.15) is 0 Å². The van der Waals surface area contributed by atoms with Gasteiger partial charge in [0, 0.05) is 12.3 Å². The van der Waals surface area contributed by atoms with Crippen LogP contribution in [0.1, 0.15) is 71.6 Å². The number of hydrogen-bond acceptors (Lipinski definition) is 3. The van der Waals surface area contributed by atoms with Crippen molar-refractivity contribution in [2.75, 3.05) is 6.61 Å². The van der Waals surface area contributed by atoms with Gasteiger partial charge in [-0.2, -0.15) is 0 Å². The van der Waals surface area contributed by atoms with Gasteiger partial charge in [-0.1, -0.05) is 57.4 Å². The standard InChI is InChI=1S/C22H36O4/c1-3-4-7-10-17(23)13-14-18-19(22(2)15-20(18)26-16-22)11-8-5-6-9-12-21(24)25/h5,8,13-14,17-20,23H,3-4,6-7,9-12,15-16H2,1-2H3,(H,24,25)/b8-5-,14-13+/t17-,18+,19+,20+,22+/m0/s1. The number of carbonyl (C=O) groups is 1. The molecule has 2 aliphatic rings. The molecule has 0 aromatic heterocycles. The Kier molecular flexibility index (Phi) is 8.36. The number of carboxylic acid groups (broad SMARTS) is 1. The van der Waals surface area contributed by atoms with Crippen molar-refractivity contribution in [1.29, 1.82) is 0 Å². The van der Waals surface area contributed by atoms with Crippen LogP contribution in [0.25, 0.3) is 0 Å². The number of aliphatic hydroxyl groups excluding tert-OH is 1. The van der Waals surface area contributed by atoms with Gasteiger partial charge >= 0.3 is 5.97 Å². The first kappa shape index (κ1) is 21.2. The molecule has 1 saturated heterocycles. The highest BCUT2D eigenvalue weighted by Crippen LogP contribution is 2.55. The second-order valence-corrected chi connectivity index (χ2v) is 8.33. The zero-order chi connectivity index (χ0) is 19.0. The highest BCUT2D eigenvalue weighted by Gasteiger charge is 2.54. The number of unbranched alkanes of at least 4 members (excludes halogenated alkanes) is 3. The van der Waals surface area contributed by atoms with Gasteiger partial charge in [-0.15, -0.1) is 0 Å². The lowest BCUT2D eigenvalue weighted by Gasteiger charge is -2.35. The molecule has 148 valence electrons. The molecule has 4 heteroatoms. The van der Waals surface area contributed by atoms with Gasteiger partial charge in [0.25, 0.3) is 0 Å². The Bertz CT molecular complexity index is 498. The van der Waals surface area contributed by atoms with Crippen molar-refractivity contribution in [2.45, 2.75) is 83.8 Å². The van der Waals surface area contributed by atoms with Gasteiger partial charge in [0.15, 0.2) is 0 Å². The Balaban J connectivity index is 1.86. The van der Waals surface area contributed by atoms with Crippen LogP contribution in [-0.4, -0.2) is 35.0 Å². The van der Waals surface area contributed by atoms with Gasteiger partial charge in [0.05, 0.1) is 18.8 Å². The SMILES string of the molecule is CCCCC[C@H](O)/C=C/[C@@H]1[C@@H](C/C=C\CCCC(=O)O)[C@@]2(C)CO[C@@H]1C2. The summed E-state index contributed by atoms with van der Waals surface area (Å²) in [5.41, 5.74) is 0.220. The van der Waals surface area contributed by atoms with Crippen LogP contribution < -0.4 is 0 Å². The zero-order valence-electron chi connectivity index (χ0n) is 16.4. The molecule has 0 spiro atoms. The molecule has 2 fully saturated rings. The van der Waals surface area contributed by atoms with Gasteiger partial charge in [-0.05, 0) is 43.4 Å². The fourth-order valence-corrected chi connectivity index (χ4v) is 4.49. The topological polar surface area (TPSA) is 66.8 Å². The van der Waals surface area contributed by atoms with Crippen LogP contribution in [0.3, 0.4) is 0 Å². The lowest BCUT2D eigenvalue weighted by atomic mass is 9.75. The summed E-state index contributed by atoms with van der Waals surface area (Å²) in [6, 6.07) is 0. The summed E-state index contributed by atoms with van der Waals surface area (Å²) in [6.07, 6.45) is 16.6. The van der Waals surface area contributed by atoms with Crippen molar-refractivity contribution in [3.8, 4) is 0 Å². The minimum Gasteiger partial charge on any atom is -0.481 e. The predicted molar refractivity (Wildman–Crippen MR) is 104 cm³/mol. The number of aliphatic hydroxyl groups is 1. The molecule has 4 nitrogen and oxygen atoms in total. The van der Waals surface area contributed by atoms with Gasteiger partial charge < -0.3 is 14.9 Å². The van der Waals surface area contributed by atoms with E-state index in [0.29, 0.717) is 18.3 Å². The van der Waals surface area contributed by atoms with Crippen LogP contribution in [0.5, 0.6) is 0 Å². The number of allylic oxidation sites excluding steroid dienone is 2.